The largest absolute Gasteiger partial charge is 0.321 e. The molecule has 0 aromatic heterocycles. The van der Waals surface area contributed by atoms with Crippen LogP contribution in [0.1, 0.15) is 27.6 Å². The highest BCUT2D eigenvalue weighted by Gasteiger charge is 2.33. The number of thioether (sulfide) groups is 1. The molecule has 0 saturated carbocycles. The number of hydrogen-bond donors (Lipinski definition) is 1. The Bertz CT molecular complexity index is 1110. The molecule has 138 valence electrons. The summed E-state index contributed by atoms with van der Waals surface area (Å²) in [6.45, 7) is 1.79. The van der Waals surface area contributed by atoms with Crippen LogP contribution in [0.25, 0.3) is 0 Å². The van der Waals surface area contributed by atoms with Crippen LogP contribution in [0.15, 0.2) is 51.8 Å². The van der Waals surface area contributed by atoms with Gasteiger partial charge >= 0.3 is 0 Å². The Balaban J connectivity index is 1.61. The van der Waals surface area contributed by atoms with E-state index in [-0.39, 0.29) is 17.4 Å². The first-order valence-electron chi connectivity index (χ1n) is 8.17. The number of anilines is 2. The summed E-state index contributed by atoms with van der Waals surface area (Å²) in [5.74, 6) is -0.501. The number of para-hydroxylation sites is 1. The second-order valence-corrected chi connectivity index (χ2v) is 8.92. The molecule has 1 N–H and O–H groups in total. The number of amides is 1. The smallest absolute Gasteiger partial charge is 0.257 e. The van der Waals surface area contributed by atoms with Crippen molar-refractivity contribution < 1.29 is 18.0 Å². The maximum atomic E-state index is 12.6. The van der Waals surface area contributed by atoms with Crippen LogP contribution in [0.5, 0.6) is 0 Å². The molecule has 0 saturated heterocycles. The highest BCUT2D eigenvalue weighted by atomic mass is 32.2. The molecule has 0 aliphatic carbocycles. The summed E-state index contributed by atoms with van der Waals surface area (Å²) in [5.41, 5.74) is 2.16. The van der Waals surface area contributed by atoms with Gasteiger partial charge in [0, 0.05) is 22.6 Å². The lowest BCUT2D eigenvalue weighted by atomic mass is 10.1. The lowest BCUT2D eigenvalue weighted by molar-refractivity contribution is 0.101. The Morgan fingerprint density at radius 3 is 2.74 bits per heavy atom. The molecular weight excluding hydrogens is 386 g/mol. The van der Waals surface area contributed by atoms with Gasteiger partial charge in [-0.3, -0.25) is 9.59 Å². The fourth-order valence-electron chi connectivity index (χ4n) is 2.97. The minimum absolute atomic E-state index is 0.0272. The monoisotopic (exact) mass is 401 g/mol. The number of nitrogens with zero attached hydrogens (tertiary/aromatic N) is 2. The molecule has 0 atom stereocenters. The number of nitrogens with one attached hydrogen (secondary N) is 1. The first-order chi connectivity index (χ1) is 12.8. The number of ketones is 1. The molecule has 2 aromatic carbocycles. The molecule has 1 amide bonds. The lowest BCUT2D eigenvalue weighted by Gasteiger charge is -2.22. The number of hydrogen-bond acceptors (Lipinski definition) is 6. The van der Waals surface area contributed by atoms with Gasteiger partial charge in [-0.15, -0.1) is 4.40 Å². The summed E-state index contributed by atoms with van der Waals surface area (Å²) in [4.78, 5) is 27.0. The van der Waals surface area contributed by atoms with E-state index in [0.717, 1.165) is 10.6 Å². The fourth-order valence-corrected chi connectivity index (χ4v) is 5.26. The highest BCUT2D eigenvalue weighted by Crippen LogP contribution is 2.42. The van der Waals surface area contributed by atoms with Gasteiger partial charge in [0.2, 0.25) is 0 Å². The normalized spacial score (nSPS) is 16.9. The van der Waals surface area contributed by atoms with Crippen molar-refractivity contribution in [2.24, 2.45) is 4.40 Å². The van der Waals surface area contributed by atoms with E-state index in [4.69, 9.17) is 0 Å². The standard InChI is InChI=1S/C18H15N3O4S2/c1-11(22)13-4-2-3-5-14(13)19-17(23)12-6-7-15-16(10-12)26-18-20-27(24,25)9-8-21(15)18/h2-7,10H,8-9H2,1H3,(H,19,23). The van der Waals surface area contributed by atoms with E-state index in [1.54, 1.807) is 42.5 Å². The number of amidine groups is 1. The minimum Gasteiger partial charge on any atom is -0.321 e. The molecule has 0 spiro atoms. The highest BCUT2D eigenvalue weighted by molar-refractivity contribution is 8.15. The molecule has 0 bridgehead atoms. The van der Waals surface area contributed by atoms with Gasteiger partial charge in [0.1, 0.15) is 0 Å². The summed E-state index contributed by atoms with van der Waals surface area (Å²) in [6.07, 6.45) is 0. The number of rotatable bonds is 3. The van der Waals surface area contributed by atoms with E-state index < -0.39 is 10.0 Å². The Morgan fingerprint density at radius 1 is 1.19 bits per heavy atom. The predicted molar refractivity (Wildman–Crippen MR) is 105 cm³/mol. The summed E-state index contributed by atoms with van der Waals surface area (Å²) in [5, 5.41) is 3.18. The van der Waals surface area contributed by atoms with Crippen molar-refractivity contribution in [2.45, 2.75) is 11.8 Å². The molecule has 7 nitrogen and oxygen atoms in total. The first kappa shape index (κ1) is 17.7. The molecule has 0 fully saturated rings. The topological polar surface area (TPSA) is 95.9 Å². The minimum atomic E-state index is -3.42. The number of benzene rings is 2. The summed E-state index contributed by atoms with van der Waals surface area (Å²) >= 11 is 1.23. The van der Waals surface area contributed by atoms with Gasteiger partial charge in [0.25, 0.3) is 15.9 Å². The van der Waals surface area contributed by atoms with Gasteiger partial charge in [-0.1, -0.05) is 12.1 Å². The number of carbonyl (C=O) groups is 2. The van der Waals surface area contributed by atoms with E-state index in [2.05, 4.69) is 9.71 Å². The zero-order valence-corrected chi connectivity index (χ0v) is 15.9. The van der Waals surface area contributed by atoms with Crippen molar-refractivity contribution in [1.29, 1.82) is 0 Å². The van der Waals surface area contributed by atoms with Crippen molar-refractivity contribution in [1.82, 2.24) is 0 Å². The molecule has 4 rings (SSSR count). The van der Waals surface area contributed by atoms with Crippen molar-refractivity contribution in [3.63, 3.8) is 0 Å². The summed E-state index contributed by atoms with van der Waals surface area (Å²) in [7, 11) is -3.42. The number of Topliss-reactive ketones (excluding diaryl/α,β-unsaturated/α-hetero) is 1. The Labute approximate surface area is 160 Å². The van der Waals surface area contributed by atoms with Crippen molar-refractivity contribution >= 4 is 50.0 Å². The van der Waals surface area contributed by atoms with Crippen LogP contribution in [-0.4, -0.2) is 37.6 Å². The Morgan fingerprint density at radius 2 is 1.96 bits per heavy atom. The third kappa shape index (κ3) is 3.35. The van der Waals surface area contributed by atoms with Crippen molar-refractivity contribution in [3.8, 4) is 0 Å². The number of carbonyl (C=O) groups excluding carboxylic acids is 2. The molecule has 0 radical (unpaired) electrons. The van der Waals surface area contributed by atoms with Crippen LogP contribution in [0.4, 0.5) is 11.4 Å². The molecule has 2 aromatic rings. The van der Waals surface area contributed by atoms with Gasteiger partial charge in [0.15, 0.2) is 11.0 Å². The summed E-state index contributed by atoms with van der Waals surface area (Å²) < 4.78 is 27.2. The second-order valence-electron chi connectivity index (χ2n) is 6.15. The Hall–Kier alpha value is -2.65. The van der Waals surface area contributed by atoms with E-state index in [1.165, 1.54) is 18.7 Å². The average Bonchev–Trinajstić information content (AvgIpc) is 2.97. The van der Waals surface area contributed by atoms with Crippen LogP contribution in [0, 0.1) is 0 Å². The number of sulfonamides is 1. The maximum absolute atomic E-state index is 12.6. The fraction of sp³-hybridized carbons (Fsp3) is 0.167. The van der Waals surface area contributed by atoms with Crippen LogP contribution in [-0.2, 0) is 10.0 Å². The quantitative estimate of drug-likeness (QED) is 0.795. The van der Waals surface area contributed by atoms with Gasteiger partial charge in [0.05, 0.1) is 17.1 Å². The van der Waals surface area contributed by atoms with Gasteiger partial charge in [-0.25, -0.2) is 8.42 Å². The van der Waals surface area contributed by atoms with E-state index >= 15 is 0 Å². The molecule has 0 unspecified atom stereocenters. The van der Waals surface area contributed by atoms with Gasteiger partial charge < -0.3 is 10.2 Å². The van der Waals surface area contributed by atoms with E-state index in [9.17, 15) is 18.0 Å². The summed E-state index contributed by atoms with van der Waals surface area (Å²) in [6, 6.07) is 12.0. The zero-order chi connectivity index (χ0) is 19.2. The average molecular weight is 401 g/mol. The third-order valence-electron chi connectivity index (χ3n) is 4.29. The second kappa shape index (κ2) is 6.50. The SMILES string of the molecule is CC(=O)c1ccccc1NC(=O)c1ccc2c(c1)SC1=NS(=O)(=O)CCN12. The molecule has 2 aliphatic heterocycles. The number of fused-ring (bicyclic) bond motifs is 3. The predicted octanol–water partition coefficient (Wildman–Crippen LogP) is 2.75. The molecule has 27 heavy (non-hydrogen) atoms. The van der Waals surface area contributed by atoms with Crippen LogP contribution in [0.2, 0.25) is 0 Å². The Kier molecular flexibility index (Phi) is 4.27. The van der Waals surface area contributed by atoms with E-state index in [0.29, 0.717) is 28.5 Å². The first-order valence-corrected chi connectivity index (χ1v) is 10.6. The molecular formula is C18H15N3O4S2. The lowest BCUT2D eigenvalue weighted by Crippen LogP contribution is -2.35. The van der Waals surface area contributed by atoms with Crippen molar-refractivity contribution in [2.75, 3.05) is 22.5 Å². The molecule has 2 aliphatic rings. The van der Waals surface area contributed by atoms with Gasteiger partial charge in [-0.2, -0.15) is 0 Å². The van der Waals surface area contributed by atoms with Crippen molar-refractivity contribution in [3.05, 3.63) is 53.6 Å². The van der Waals surface area contributed by atoms with Crippen LogP contribution in [0.3, 0.4) is 0 Å². The van der Waals surface area contributed by atoms with Crippen LogP contribution < -0.4 is 10.2 Å². The molecule has 9 heteroatoms. The third-order valence-corrected chi connectivity index (χ3v) is 6.60. The zero-order valence-electron chi connectivity index (χ0n) is 14.3. The molecule has 2 heterocycles. The van der Waals surface area contributed by atoms with Crippen LogP contribution >= 0.6 is 11.8 Å². The van der Waals surface area contributed by atoms with Gasteiger partial charge in [-0.05, 0) is 49.0 Å². The maximum Gasteiger partial charge on any atom is 0.257 e. The van der Waals surface area contributed by atoms with E-state index in [1.807, 2.05) is 4.90 Å².